The molecule has 0 radical (unpaired) electrons. The summed E-state index contributed by atoms with van der Waals surface area (Å²) in [6.07, 6.45) is 0. The van der Waals surface area contributed by atoms with Crippen LogP contribution in [0.25, 0.3) is 0 Å². The van der Waals surface area contributed by atoms with Crippen molar-refractivity contribution in [1.29, 1.82) is 0 Å². The smallest absolute Gasteiger partial charge is 0.313 e. The lowest BCUT2D eigenvalue weighted by Crippen LogP contribution is -2.35. The van der Waals surface area contributed by atoms with E-state index in [1.165, 1.54) is 7.11 Å². The number of hydrogen-bond donors (Lipinski definition) is 2. The maximum absolute atomic E-state index is 11.9. The van der Waals surface area contributed by atoms with Crippen molar-refractivity contribution >= 4 is 17.5 Å². The van der Waals surface area contributed by atoms with Crippen LogP contribution in [0.1, 0.15) is 16.8 Å². The highest BCUT2D eigenvalue weighted by atomic mass is 16.5. The van der Waals surface area contributed by atoms with Gasteiger partial charge in [0.1, 0.15) is 0 Å². The Morgan fingerprint density at radius 1 is 1.04 bits per heavy atom. The Balaban J connectivity index is 1.94. The highest BCUT2D eigenvalue weighted by molar-refractivity contribution is 6.39. The van der Waals surface area contributed by atoms with Crippen molar-refractivity contribution in [2.45, 2.75) is 20.4 Å². The van der Waals surface area contributed by atoms with Gasteiger partial charge in [0.25, 0.3) is 0 Å². The van der Waals surface area contributed by atoms with Crippen molar-refractivity contribution < 1.29 is 14.3 Å². The number of carbonyl (C=O) groups excluding carboxylic acids is 2. The van der Waals surface area contributed by atoms with Gasteiger partial charge >= 0.3 is 11.8 Å². The lowest BCUT2D eigenvalue weighted by molar-refractivity contribution is -0.136. The molecule has 1 heterocycles. The third kappa shape index (κ3) is 4.54. The Morgan fingerprint density at radius 2 is 1.74 bits per heavy atom. The van der Waals surface area contributed by atoms with Crippen molar-refractivity contribution in [3.63, 3.8) is 0 Å². The van der Waals surface area contributed by atoms with E-state index in [4.69, 9.17) is 4.74 Å². The minimum absolute atomic E-state index is 0.163. The molecule has 2 N–H and O–H groups in total. The van der Waals surface area contributed by atoms with Crippen LogP contribution in [0.4, 0.5) is 5.69 Å². The molecule has 0 unspecified atom stereocenters. The van der Waals surface area contributed by atoms with Gasteiger partial charge in [-0.2, -0.15) is 0 Å². The molecule has 0 spiro atoms. The molecule has 0 bridgehead atoms. The highest BCUT2D eigenvalue weighted by Gasteiger charge is 2.14. The first-order chi connectivity index (χ1) is 11.0. The monoisotopic (exact) mass is 313 g/mol. The molecule has 1 aromatic heterocycles. The molecule has 6 heteroatoms. The molecule has 2 aromatic rings. The molecule has 2 rings (SSSR count). The van der Waals surface area contributed by atoms with Crippen LogP contribution in [0.2, 0.25) is 0 Å². The number of benzene rings is 1. The van der Waals surface area contributed by atoms with Crippen LogP contribution in [0.5, 0.6) is 5.88 Å². The van der Waals surface area contributed by atoms with Crippen LogP contribution >= 0.6 is 0 Å². The first kappa shape index (κ1) is 16.5. The van der Waals surface area contributed by atoms with Crippen LogP contribution in [0.3, 0.4) is 0 Å². The number of aromatic nitrogens is 1. The van der Waals surface area contributed by atoms with E-state index in [1.54, 1.807) is 18.2 Å². The van der Waals surface area contributed by atoms with E-state index in [0.29, 0.717) is 17.1 Å². The fourth-order valence-electron chi connectivity index (χ4n) is 1.95. The molecule has 0 saturated carbocycles. The average molecular weight is 313 g/mol. The van der Waals surface area contributed by atoms with Crippen molar-refractivity contribution in [2.75, 3.05) is 12.4 Å². The van der Waals surface area contributed by atoms with E-state index < -0.39 is 11.8 Å². The van der Waals surface area contributed by atoms with E-state index in [0.717, 1.165) is 11.3 Å². The van der Waals surface area contributed by atoms with E-state index in [1.807, 2.05) is 32.0 Å². The first-order valence-electron chi connectivity index (χ1n) is 7.16. The Hall–Kier alpha value is -2.89. The van der Waals surface area contributed by atoms with Crippen molar-refractivity contribution in [1.82, 2.24) is 10.3 Å². The molecule has 23 heavy (non-hydrogen) atoms. The normalized spacial score (nSPS) is 10.0. The Kier molecular flexibility index (Phi) is 5.30. The summed E-state index contributed by atoms with van der Waals surface area (Å²) in [5.74, 6) is -0.995. The van der Waals surface area contributed by atoms with Crippen LogP contribution in [-0.2, 0) is 16.1 Å². The Labute approximate surface area is 134 Å². The molecular formula is C17H19N3O3. The number of nitrogens with one attached hydrogen (secondary N) is 2. The predicted octanol–water partition coefficient (Wildman–Crippen LogP) is 1.96. The Morgan fingerprint density at radius 3 is 2.39 bits per heavy atom. The second-order valence-electron chi connectivity index (χ2n) is 5.12. The number of methoxy groups -OCH3 is 1. The summed E-state index contributed by atoms with van der Waals surface area (Å²) < 4.78 is 5.16. The molecule has 0 aliphatic carbocycles. The van der Waals surface area contributed by atoms with Crippen LogP contribution in [-0.4, -0.2) is 23.9 Å². The van der Waals surface area contributed by atoms with Crippen LogP contribution in [0.15, 0.2) is 36.4 Å². The zero-order valence-electron chi connectivity index (χ0n) is 13.3. The second kappa shape index (κ2) is 7.40. The number of nitrogens with zero attached hydrogens (tertiary/aromatic N) is 1. The second-order valence-corrected chi connectivity index (χ2v) is 5.12. The molecule has 6 nitrogen and oxygen atoms in total. The van der Waals surface area contributed by atoms with E-state index >= 15 is 0 Å². The van der Waals surface area contributed by atoms with E-state index in [9.17, 15) is 9.59 Å². The first-order valence-corrected chi connectivity index (χ1v) is 7.16. The summed E-state index contributed by atoms with van der Waals surface area (Å²) in [7, 11) is 1.51. The van der Waals surface area contributed by atoms with Gasteiger partial charge in [-0.15, -0.1) is 0 Å². The summed E-state index contributed by atoms with van der Waals surface area (Å²) >= 11 is 0. The SMILES string of the molecule is COc1nc(C)ccc1CNC(=O)C(=O)Nc1ccc(C)cc1. The summed E-state index contributed by atoms with van der Waals surface area (Å²) in [5.41, 5.74) is 3.17. The molecule has 0 atom stereocenters. The topological polar surface area (TPSA) is 80.3 Å². The quantitative estimate of drug-likeness (QED) is 0.846. The van der Waals surface area contributed by atoms with E-state index in [2.05, 4.69) is 15.6 Å². The fourth-order valence-corrected chi connectivity index (χ4v) is 1.95. The average Bonchev–Trinajstić information content (AvgIpc) is 2.55. The summed E-state index contributed by atoms with van der Waals surface area (Å²) in [6, 6.07) is 10.8. The van der Waals surface area contributed by atoms with Crippen molar-refractivity contribution in [2.24, 2.45) is 0 Å². The van der Waals surface area contributed by atoms with E-state index in [-0.39, 0.29) is 6.54 Å². The van der Waals surface area contributed by atoms with Gasteiger partial charge in [-0.25, -0.2) is 4.98 Å². The predicted molar refractivity (Wildman–Crippen MR) is 87.2 cm³/mol. The van der Waals surface area contributed by atoms with Gasteiger partial charge in [0.15, 0.2) is 0 Å². The minimum atomic E-state index is -0.715. The third-order valence-corrected chi connectivity index (χ3v) is 3.23. The molecule has 1 aromatic carbocycles. The molecule has 120 valence electrons. The lowest BCUT2D eigenvalue weighted by Gasteiger charge is -2.10. The number of ether oxygens (including phenoxy) is 1. The zero-order valence-corrected chi connectivity index (χ0v) is 13.3. The van der Waals surface area contributed by atoms with Gasteiger partial charge in [0, 0.05) is 23.5 Å². The van der Waals surface area contributed by atoms with Gasteiger partial charge in [-0.1, -0.05) is 23.8 Å². The third-order valence-electron chi connectivity index (χ3n) is 3.23. The fraction of sp³-hybridized carbons (Fsp3) is 0.235. The number of anilines is 1. The van der Waals surface area contributed by atoms with Gasteiger partial charge in [-0.3, -0.25) is 9.59 Å². The standard InChI is InChI=1S/C17H19N3O3/c1-11-4-8-14(9-5-11)20-16(22)15(21)18-10-13-7-6-12(2)19-17(13)23-3/h4-9H,10H2,1-3H3,(H,18,21)(H,20,22). The van der Waals surface area contributed by atoms with Crippen molar-refractivity contribution in [3.05, 3.63) is 53.2 Å². The molecule has 0 aliphatic heterocycles. The Bertz CT molecular complexity index is 712. The summed E-state index contributed by atoms with van der Waals surface area (Å²) in [5, 5.41) is 5.10. The summed E-state index contributed by atoms with van der Waals surface area (Å²) in [6.45, 7) is 3.96. The van der Waals surface area contributed by atoms with Gasteiger partial charge in [0.2, 0.25) is 5.88 Å². The molecule has 0 fully saturated rings. The number of rotatable bonds is 4. The zero-order chi connectivity index (χ0) is 16.8. The number of amides is 2. The number of pyridine rings is 1. The molecule has 2 amide bonds. The molecular weight excluding hydrogens is 294 g/mol. The maximum Gasteiger partial charge on any atom is 0.313 e. The van der Waals surface area contributed by atoms with Crippen LogP contribution < -0.4 is 15.4 Å². The number of carbonyl (C=O) groups is 2. The maximum atomic E-state index is 11.9. The van der Waals surface area contributed by atoms with Crippen molar-refractivity contribution in [3.8, 4) is 5.88 Å². The lowest BCUT2D eigenvalue weighted by atomic mass is 10.2. The van der Waals surface area contributed by atoms with Crippen LogP contribution in [0, 0.1) is 13.8 Å². The van der Waals surface area contributed by atoms with Gasteiger partial charge in [-0.05, 0) is 32.0 Å². The molecule has 0 saturated heterocycles. The van der Waals surface area contributed by atoms with Gasteiger partial charge < -0.3 is 15.4 Å². The molecule has 0 aliphatic rings. The highest BCUT2D eigenvalue weighted by Crippen LogP contribution is 2.15. The summed E-state index contributed by atoms with van der Waals surface area (Å²) in [4.78, 5) is 27.9. The van der Waals surface area contributed by atoms with Gasteiger partial charge in [0.05, 0.1) is 7.11 Å². The largest absolute Gasteiger partial charge is 0.481 e. The number of hydrogen-bond acceptors (Lipinski definition) is 4. The minimum Gasteiger partial charge on any atom is -0.481 e. The number of aryl methyl sites for hydroxylation is 2.